The van der Waals surface area contributed by atoms with E-state index >= 15 is 0 Å². The van der Waals surface area contributed by atoms with E-state index in [9.17, 15) is 0 Å². The van der Waals surface area contributed by atoms with Crippen molar-refractivity contribution in [2.45, 2.75) is 31.9 Å². The fourth-order valence-electron chi connectivity index (χ4n) is 1.66. The van der Waals surface area contributed by atoms with Crippen LogP contribution in [-0.4, -0.2) is 49.8 Å². The largest absolute Gasteiger partial charge is 0.379 e. The molecule has 1 atom stereocenters. The summed E-state index contributed by atoms with van der Waals surface area (Å²) in [5.41, 5.74) is -0.0924. The summed E-state index contributed by atoms with van der Waals surface area (Å²) < 4.78 is 5.37. The molecular weight excluding hydrogens is 190 g/mol. The number of rotatable bonds is 4. The van der Waals surface area contributed by atoms with Gasteiger partial charge in [-0.05, 0) is 20.3 Å². The molecule has 0 aromatic rings. The summed E-state index contributed by atoms with van der Waals surface area (Å²) >= 11 is 0. The molecule has 1 fully saturated rings. The Morgan fingerprint density at radius 2 is 2.33 bits per heavy atom. The first-order valence-electron chi connectivity index (χ1n) is 5.48. The van der Waals surface area contributed by atoms with E-state index in [2.05, 4.69) is 30.1 Å². The van der Waals surface area contributed by atoms with E-state index in [-0.39, 0.29) is 11.6 Å². The van der Waals surface area contributed by atoms with Gasteiger partial charge >= 0.3 is 0 Å². The summed E-state index contributed by atoms with van der Waals surface area (Å²) in [7, 11) is 1.74. The maximum absolute atomic E-state index is 8.99. The van der Waals surface area contributed by atoms with Crippen molar-refractivity contribution < 1.29 is 4.74 Å². The monoisotopic (exact) mass is 211 g/mol. The number of nitrogens with one attached hydrogen (secondary N) is 1. The second kappa shape index (κ2) is 5.45. The number of methoxy groups -OCH3 is 1. The van der Waals surface area contributed by atoms with Crippen LogP contribution in [0.3, 0.4) is 0 Å². The van der Waals surface area contributed by atoms with Gasteiger partial charge in [0.25, 0.3) is 0 Å². The van der Waals surface area contributed by atoms with Gasteiger partial charge in [0.05, 0.1) is 11.7 Å². The minimum atomic E-state index is -0.0924. The minimum Gasteiger partial charge on any atom is -0.379 e. The first kappa shape index (κ1) is 12.4. The molecule has 4 heteroatoms. The maximum atomic E-state index is 8.99. The number of nitriles is 1. The summed E-state index contributed by atoms with van der Waals surface area (Å²) in [6.07, 6.45) is 0.960. The Kier molecular flexibility index (Phi) is 4.52. The standard InChI is InChI=1S/C11H21N3O/c1-11(2,15-3)4-6-14-7-5-13-9-10(14)8-12/h10,13H,4-7,9H2,1-3H3. The summed E-state index contributed by atoms with van der Waals surface area (Å²) in [6.45, 7) is 7.81. The summed E-state index contributed by atoms with van der Waals surface area (Å²) in [5.74, 6) is 0. The predicted molar refractivity (Wildman–Crippen MR) is 59.5 cm³/mol. The number of piperazine rings is 1. The second-order valence-corrected chi connectivity index (χ2v) is 4.60. The van der Waals surface area contributed by atoms with E-state index in [0.29, 0.717) is 0 Å². The van der Waals surface area contributed by atoms with Crippen LogP contribution in [0.15, 0.2) is 0 Å². The van der Waals surface area contributed by atoms with E-state index in [0.717, 1.165) is 32.6 Å². The maximum Gasteiger partial charge on any atom is 0.110 e. The summed E-state index contributed by atoms with van der Waals surface area (Å²) in [4.78, 5) is 2.23. The number of hydrogen-bond acceptors (Lipinski definition) is 4. The van der Waals surface area contributed by atoms with Gasteiger partial charge in [0, 0.05) is 33.3 Å². The molecule has 0 radical (unpaired) electrons. The third-order valence-corrected chi connectivity index (χ3v) is 3.06. The van der Waals surface area contributed by atoms with Crippen LogP contribution in [0.5, 0.6) is 0 Å². The zero-order valence-corrected chi connectivity index (χ0v) is 9.92. The molecule has 0 aliphatic carbocycles. The lowest BCUT2D eigenvalue weighted by Gasteiger charge is -2.34. The molecule has 0 aromatic heterocycles. The van der Waals surface area contributed by atoms with Crippen molar-refractivity contribution in [1.82, 2.24) is 10.2 Å². The zero-order chi connectivity index (χ0) is 11.3. The Hall–Kier alpha value is -0.630. The van der Waals surface area contributed by atoms with Crippen LogP contribution in [0.4, 0.5) is 0 Å². The van der Waals surface area contributed by atoms with Crippen LogP contribution in [0.1, 0.15) is 20.3 Å². The van der Waals surface area contributed by atoms with Gasteiger partial charge in [-0.25, -0.2) is 0 Å². The van der Waals surface area contributed by atoms with Gasteiger partial charge in [-0.15, -0.1) is 0 Å². The van der Waals surface area contributed by atoms with E-state index in [1.165, 1.54) is 0 Å². The fourth-order valence-corrected chi connectivity index (χ4v) is 1.66. The topological polar surface area (TPSA) is 48.3 Å². The predicted octanol–water partition coefficient (Wildman–Crippen LogP) is 0.599. The molecule has 1 aliphatic rings. The molecule has 1 N–H and O–H groups in total. The highest BCUT2D eigenvalue weighted by Gasteiger charge is 2.24. The number of hydrogen-bond donors (Lipinski definition) is 1. The van der Waals surface area contributed by atoms with Gasteiger partial charge < -0.3 is 10.1 Å². The molecule has 0 bridgehead atoms. The fraction of sp³-hybridized carbons (Fsp3) is 0.909. The molecule has 0 spiro atoms. The first-order valence-corrected chi connectivity index (χ1v) is 5.48. The highest BCUT2D eigenvalue weighted by molar-refractivity contribution is 4.96. The van der Waals surface area contributed by atoms with Gasteiger partial charge in [0.15, 0.2) is 0 Å². The Bertz CT molecular complexity index is 234. The van der Waals surface area contributed by atoms with Crippen molar-refractivity contribution in [2.24, 2.45) is 0 Å². The number of nitrogens with zero attached hydrogens (tertiary/aromatic N) is 2. The van der Waals surface area contributed by atoms with E-state index in [4.69, 9.17) is 10.00 Å². The Morgan fingerprint density at radius 3 is 2.93 bits per heavy atom. The molecule has 1 rings (SSSR count). The molecule has 0 saturated carbocycles. The highest BCUT2D eigenvalue weighted by Crippen LogP contribution is 2.15. The van der Waals surface area contributed by atoms with Crippen molar-refractivity contribution >= 4 is 0 Å². The van der Waals surface area contributed by atoms with Gasteiger partial charge in [0.2, 0.25) is 0 Å². The van der Waals surface area contributed by atoms with Gasteiger partial charge in [0.1, 0.15) is 6.04 Å². The second-order valence-electron chi connectivity index (χ2n) is 4.60. The molecule has 1 unspecified atom stereocenters. The minimum absolute atomic E-state index is 0.0198. The average Bonchev–Trinajstić information content (AvgIpc) is 2.27. The molecular formula is C11H21N3O. The van der Waals surface area contributed by atoms with Crippen molar-refractivity contribution in [3.05, 3.63) is 0 Å². The molecule has 1 saturated heterocycles. The third-order valence-electron chi connectivity index (χ3n) is 3.06. The van der Waals surface area contributed by atoms with E-state index in [1.807, 2.05) is 0 Å². The lowest BCUT2D eigenvalue weighted by atomic mass is 10.0. The lowest BCUT2D eigenvalue weighted by molar-refractivity contribution is 0.00440. The Balaban J connectivity index is 2.39. The van der Waals surface area contributed by atoms with Crippen LogP contribution in [-0.2, 0) is 4.74 Å². The quantitative estimate of drug-likeness (QED) is 0.739. The van der Waals surface area contributed by atoms with Crippen LogP contribution in [0.25, 0.3) is 0 Å². The van der Waals surface area contributed by atoms with E-state index < -0.39 is 0 Å². The molecule has 1 heterocycles. The Morgan fingerprint density at radius 1 is 1.60 bits per heavy atom. The van der Waals surface area contributed by atoms with Crippen LogP contribution in [0, 0.1) is 11.3 Å². The molecule has 1 aliphatic heterocycles. The Labute approximate surface area is 92.2 Å². The normalized spacial score (nSPS) is 23.7. The van der Waals surface area contributed by atoms with Crippen molar-refractivity contribution in [1.29, 1.82) is 5.26 Å². The van der Waals surface area contributed by atoms with Crippen molar-refractivity contribution in [3.8, 4) is 6.07 Å². The molecule has 4 nitrogen and oxygen atoms in total. The molecule has 0 aromatic carbocycles. The summed E-state index contributed by atoms with van der Waals surface area (Å²) in [5, 5.41) is 12.2. The smallest absolute Gasteiger partial charge is 0.110 e. The third kappa shape index (κ3) is 3.78. The summed E-state index contributed by atoms with van der Waals surface area (Å²) in [6, 6.07) is 2.35. The molecule has 0 amide bonds. The molecule has 86 valence electrons. The van der Waals surface area contributed by atoms with Gasteiger partial charge in [-0.2, -0.15) is 5.26 Å². The van der Waals surface area contributed by atoms with E-state index in [1.54, 1.807) is 7.11 Å². The number of ether oxygens (including phenoxy) is 1. The SMILES string of the molecule is COC(C)(C)CCN1CCNCC1C#N. The zero-order valence-electron chi connectivity index (χ0n) is 9.92. The van der Waals surface area contributed by atoms with Crippen LogP contribution in [0.2, 0.25) is 0 Å². The molecule has 15 heavy (non-hydrogen) atoms. The van der Waals surface area contributed by atoms with Gasteiger partial charge in [-0.1, -0.05) is 0 Å². The van der Waals surface area contributed by atoms with Gasteiger partial charge in [-0.3, -0.25) is 4.90 Å². The first-order chi connectivity index (χ1) is 7.09. The van der Waals surface area contributed by atoms with Crippen molar-refractivity contribution in [3.63, 3.8) is 0 Å². The average molecular weight is 211 g/mol. The van der Waals surface area contributed by atoms with Crippen molar-refractivity contribution in [2.75, 3.05) is 33.3 Å². The van der Waals surface area contributed by atoms with Crippen LogP contribution >= 0.6 is 0 Å². The highest BCUT2D eigenvalue weighted by atomic mass is 16.5. The van der Waals surface area contributed by atoms with Crippen LogP contribution < -0.4 is 5.32 Å². The lowest BCUT2D eigenvalue weighted by Crippen LogP contribution is -2.51.